The van der Waals surface area contributed by atoms with Gasteiger partial charge < -0.3 is 37.1 Å². The summed E-state index contributed by atoms with van der Waals surface area (Å²) in [7, 11) is 3.15. The molecule has 0 bridgehead atoms. The van der Waals surface area contributed by atoms with E-state index < -0.39 is 0 Å². The number of para-hydroxylation sites is 1. The number of hydrogen-bond acceptors (Lipinski definition) is 9. The van der Waals surface area contributed by atoms with E-state index in [1.165, 1.54) is 5.56 Å². The van der Waals surface area contributed by atoms with E-state index in [0.717, 1.165) is 42.5 Å². The van der Waals surface area contributed by atoms with Crippen LogP contribution in [0.4, 0.5) is 5.69 Å². The lowest BCUT2D eigenvalue weighted by Crippen LogP contribution is -2.33. The quantitative estimate of drug-likeness (QED) is 0.180. The molecular weight excluding hydrogens is 572 g/mol. The van der Waals surface area contributed by atoms with Crippen molar-refractivity contribution in [2.24, 2.45) is 17.4 Å². The second kappa shape index (κ2) is 15.4. The lowest BCUT2D eigenvalue weighted by molar-refractivity contribution is -0.121. The highest BCUT2D eigenvalue weighted by Gasteiger charge is 2.29. The summed E-state index contributed by atoms with van der Waals surface area (Å²) in [5, 5.41) is 8.25. The summed E-state index contributed by atoms with van der Waals surface area (Å²) >= 11 is 0. The Labute approximate surface area is 262 Å². The molecule has 3 amide bonds. The molecule has 1 fully saturated rings. The maximum Gasteiger partial charge on any atom is 0.272 e. The van der Waals surface area contributed by atoms with Crippen LogP contribution in [-0.4, -0.2) is 60.3 Å². The van der Waals surface area contributed by atoms with Crippen LogP contribution < -0.4 is 32.2 Å². The van der Waals surface area contributed by atoms with Gasteiger partial charge in [-0.1, -0.05) is 24.3 Å². The van der Waals surface area contributed by atoms with Crippen LogP contribution in [0.3, 0.4) is 0 Å². The van der Waals surface area contributed by atoms with Gasteiger partial charge in [-0.2, -0.15) is 0 Å². The Bertz CT molecular complexity index is 1550. The Kier molecular flexibility index (Phi) is 11.1. The number of ether oxygens (including phenoxy) is 1. The number of pyridine rings is 2. The third-order valence-electron chi connectivity index (χ3n) is 7.38. The smallest absolute Gasteiger partial charge is 0.272 e. The Morgan fingerprint density at radius 1 is 1.04 bits per heavy atom. The largest absolute Gasteiger partial charge is 0.494 e. The van der Waals surface area contributed by atoms with Crippen molar-refractivity contribution < 1.29 is 19.1 Å². The number of nitrogens with one attached hydrogen (secondary N) is 3. The van der Waals surface area contributed by atoms with Crippen molar-refractivity contribution in [3.05, 3.63) is 95.1 Å². The first-order valence-corrected chi connectivity index (χ1v) is 14.7. The number of nitrogens with zero attached hydrogens (tertiary/aromatic N) is 3. The molecule has 1 saturated carbocycles. The van der Waals surface area contributed by atoms with E-state index in [2.05, 4.69) is 32.0 Å². The van der Waals surface area contributed by atoms with Crippen LogP contribution in [0.5, 0.6) is 5.75 Å². The molecule has 0 atom stereocenters. The first-order valence-electron chi connectivity index (χ1n) is 14.7. The fourth-order valence-electron chi connectivity index (χ4n) is 4.83. The number of carbonyl (C=O) groups is 3. The first kappa shape index (κ1) is 32.5. The maximum atomic E-state index is 13.3. The molecule has 5 rings (SSSR count). The van der Waals surface area contributed by atoms with E-state index >= 15 is 0 Å². The van der Waals surface area contributed by atoms with Crippen molar-refractivity contribution in [1.82, 2.24) is 25.5 Å². The zero-order valence-corrected chi connectivity index (χ0v) is 25.8. The lowest BCUT2D eigenvalue weighted by Gasteiger charge is -2.20. The Morgan fingerprint density at radius 2 is 1.80 bits per heavy atom. The van der Waals surface area contributed by atoms with Crippen LogP contribution in [0.25, 0.3) is 11.1 Å². The van der Waals surface area contributed by atoms with Crippen molar-refractivity contribution in [2.75, 3.05) is 32.6 Å². The zero-order valence-electron chi connectivity index (χ0n) is 25.8. The molecule has 0 saturated heterocycles. The second-order valence-electron chi connectivity index (χ2n) is 10.7. The number of hydrogen-bond donors (Lipinski definition) is 5. The van der Waals surface area contributed by atoms with Gasteiger partial charge >= 0.3 is 0 Å². The van der Waals surface area contributed by atoms with Crippen molar-refractivity contribution >= 4 is 23.9 Å². The van der Waals surface area contributed by atoms with E-state index in [1.54, 1.807) is 45.6 Å². The minimum Gasteiger partial charge on any atom is -0.494 e. The summed E-state index contributed by atoms with van der Waals surface area (Å²) in [6.45, 7) is 2.97. The molecular formula is C33H40N8O4. The van der Waals surface area contributed by atoms with E-state index in [4.69, 9.17) is 21.0 Å². The molecule has 0 radical (unpaired) electrons. The van der Waals surface area contributed by atoms with Crippen LogP contribution in [0.15, 0.2) is 78.1 Å². The van der Waals surface area contributed by atoms with Gasteiger partial charge in [-0.15, -0.1) is 0 Å². The van der Waals surface area contributed by atoms with Gasteiger partial charge in [0.05, 0.1) is 18.5 Å². The van der Waals surface area contributed by atoms with E-state index in [0.29, 0.717) is 48.0 Å². The van der Waals surface area contributed by atoms with Crippen molar-refractivity contribution in [2.45, 2.75) is 32.6 Å². The molecule has 1 aliphatic carbocycles. The molecule has 0 spiro atoms. The van der Waals surface area contributed by atoms with Gasteiger partial charge in [-0.25, -0.2) is 0 Å². The normalized spacial score (nSPS) is 14.8. The third kappa shape index (κ3) is 8.59. The van der Waals surface area contributed by atoms with Crippen molar-refractivity contribution in [3.8, 4) is 16.9 Å². The summed E-state index contributed by atoms with van der Waals surface area (Å²) < 4.78 is 5.78. The molecule has 1 aliphatic heterocycles. The summed E-state index contributed by atoms with van der Waals surface area (Å²) in [5.41, 5.74) is 18.1. The Morgan fingerprint density at radius 3 is 2.44 bits per heavy atom. The number of methoxy groups -OCH3 is 1. The number of rotatable bonds is 9. The molecule has 3 heterocycles. The molecule has 236 valence electrons. The molecule has 0 unspecified atom stereocenters. The third-order valence-corrected chi connectivity index (χ3v) is 7.38. The Balaban J connectivity index is 0.00000109. The molecule has 45 heavy (non-hydrogen) atoms. The second-order valence-corrected chi connectivity index (χ2v) is 10.7. The fraction of sp³-hybridized carbons (Fsp3) is 0.303. The van der Waals surface area contributed by atoms with Crippen LogP contribution in [0.1, 0.15) is 41.5 Å². The number of fused-ring (bicyclic) bond motifs is 1. The summed E-state index contributed by atoms with van der Waals surface area (Å²) in [6.07, 6.45) is 8.97. The highest BCUT2D eigenvalue weighted by molar-refractivity contribution is 5.93. The monoisotopic (exact) mass is 612 g/mol. The van der Waals surface area contributed by atoms with Gasteiger partial charge in [-0.3, -0.25) is 24.4 Å². The van der Waals surface area contributed by atoms with Gasteiger partial charge in [0.1, 0.15) is 17.3 Å². The van der Waals surface area contributed by atoms with Crippen LogP contribution in [0, 0.1) is 5.92 Å². The molecule has 1 aromatic carbocycles. The van der Waals surface area contributed by atoms with Gasteiger partial charge in [0.25, 0.3) is 5.91 Å². The SMILES string of the molecule is CNC=O.COc1c(NC(/C=C(\N)NC(=O)C2CC2)=C(\C)N)cccc1-c1ccc(C(=O)N2CCc3cccnc3CC2)nc1. The first-order chi connectivity index (χ1) is 21.7. The van der Waals surface area contributed by atoms with Gasteiger partial charge in [0.15, 0.2) is 0 Å². The minimum absolute atomic E-state index is 0.0344. The van der Waals surface area contributed by atoms with E-state index in [1.807, 2.05) is 35.2 Å². The van der Waals surface area contributed by atoms with Gasteiger partial charge in [0.2, 0.25) is 12.3 Å². The topological polar surface area (TPSA) is 178 Å². The Hall–Kier alpha value is -5.39. The highest BCUT2D eigenvalue weighted by Crippen LogP contribution is 2.37. The average molecular weight is 613 g/mol. The number of amides is 3. The molecule has 7 N–H and O–H groups in total. The highest BCUT2D eigenvalue weighted by atomic mass is 16.5. The molecule has 12 heteroatoms. The molecule has 2 aromatic heterocycles. The standard InChI is InChI=1S/C31H35N7O3.C2H5NO/c1-19(32)27(17-28(33)37-30(39)21-8-9-21)36-25-7-3-6-23(29(25)41-2)22-10-11-26(35-18-22)31(40)38-15-12-20-5-4-14-34-24(20)13-16-38;1-3-2-4/h3-7,10-11,14,17-18,21,36H,8-9,12-13,15-16,32-33H2,1-2H3,(H,37,39);2H,1H3,(H,3,4)/b27-19+,28-17+;. The number of nitrogens with two attached hydrogens (primary N) is 2. The van der Waals surface area contributed by atoms with Gasteiger partial charge in [0, 0.05) is 73.5 Å². The minimum atomic E-state index is -0.0990. The summed E-state index contributed by atoms with van der Waals surface area (Å²) in [6, 6.07) is 13.3. The lowest BCUT2D eigenvalue weighted by atomic mass is 10.0. The number of allylic oxidation sites excluding steroid dienone is 2. The number of benzene rings is 1. The predicted octanol–water partition coefficient (Wildman–Crippen LogP) is 2.68. The molecule has 2 aliphatic rings. The zero-order chi connectivity index (χ0) is 32.3. The average Bonchev–Trinajstić information content (AvgIpc) is 3.92. The number of carbonyl (C=O) groups excluding carboxylic acids is 3. The number of aromatic nitrogens is 2. The van der Waals surface area contributed by atoms with Crippen LogP contribution >= 0.6 is 0 Å². The van der Waals surface area contributed by atoms with Gasteiger partial charge in [-0.05, 0) is 49.9 Å². The maximum absolute atomic E-state index is 13.3. The van der Waals surface area contributed by atoms with Crippen molar-refractivity contribution in [3.63, 3.8) is 0 Å². The molecule has 12 nitrogen and oxygen atoms in total. The van der Waals surface area contributed by atoms with Crippen molar-refractivity contribution in [1.29, 1.82) is 0 Å². The number of anilines is 1. The fourth-order valence-corrected chi connectivity index (χ4v) is 4.83. The molecule has 3 aromatic rings. The van der Waals surface area contributed by atoms with Crippen LogP contribution in [-0.2, 0) is 22.4 Å². The summed E-state index contributed by atoms with van der Waals surface area (Å²) in [4.78, 5) is 45.2. The summed E-state index contributed by atoms with van der Waals surface area (Å²) in [5.74, 6) is 0.627. The van der Waals surface area contributed by atoms with Crippen LogP contribution in [0.2, 0.25) is 0 Å². The van der Waals surface area contributed by atoms with E-state index in [-0.39, 0.29) is 23.6 Å². The predicted molar refractivity (Wildman–Crippen MR) is 173 cm³/mol. The van der Waals surface area contributed by atoms with E-state index in [9.17, 15) is 9.59 Å².